The van der Waals surface area contributed by atoms with Crippen LogP contribution in [0.4, 0.5) is 0 Å². The van der Waals surface area contributed by atoms with E-state index in [0.717, 1.165) is 11.0 Å². The Balaban J connectivity index is 2.28. The molecule has 2 heterocycles. The Hall–Kier alpha value is -1.47. The van der Waals surface area contributed by atoms with Crippen LogP contribution in [0, 0.1) is 0 Å². The van der Waals surface area contributed by atoms with Gasteiger partial charge in [0.2, 0.25) is 0 Å². The number of nitrogens with zero attached hydrogens (tertiary/aromatic N) is 3. The van der Waals surface area contributed by atoms with Gasteiger partial charge in [0.1, 0.15) is 15.7 Å². The van der Waals surface area contributed by atoms with Crippen molar-refractivity contribution in [3.05, 3.63) is 24.3 Å². The molecule has 7 heteroatoms. The van der Waals surface area contributed by atoms with Gasteiger partial charge in [0.05, 0.1) is 29.0 Å². The molecule has 2 N–H and O–H groups in total. The summed E-state index contributed by atoms with van der Waals surface area (Å²) in [5.74, 6) is 0.747. The van der Waals surface area contributed by atoms with Crippen molar-refractivity contribution in [3.63, 3.8) is 0 Å². The molecular formula is C11H16N4O2S. The highest BCUT2D eigenvalue weighted by atomic mass is 32.2. The number of sulfone groups is 1. The Kier molecular flexibility index (Phi) is 3.36. The van der Waals surface area contributed by atoms with Gasteiger partial charge in [-0.2, -0.15) is 0 Å². The van der Waals surface area contributed by atoms with Gasteiger partial charge in [0, 0.05) is 19.5 Å². The number of pyridine rings is 1. The van der Waals surface area contributed by atoms with Gasteiger partial charge in [0.25, 0.3) is 0 Å². The number of fused-ring (bicyclic) bond motifs is 1. The lowest BCUT2D eigenvalue weighted by Crippen LogP contribution is -2.19. The lowest BCUT2D eigenvalue weighted by molar-refractivity contribution is 0.581. The maximum atomic E-state index is 11.1. The van der Waals surface area contributed by atoms with Crippen molar-refractivity contribution in [1.82, 2.24) is 14.5 Å². The Bertz CT molecular complexity index is 663. The molecule has 1 unspecified atom stereocenters. The van der Waals surface area contributed by atoms with Crippen molar-refractivity contribution in [2.75, 3.05) is 12.0 Å². The van der Waals surface area contributed by atoms with Crippen molar-refractivity contribution in [2.24, 2.45) is 12.8 Å². The Morgan fingerprint density at radius 3 is 2.83 bits per heavy atom. The van der Waals surface area contributed by atoms with Crippen molar-refractivity contribution in [2.45, 2.75) is 12.5 Å². The second-order valence-corrected chi connectivity index (χ2v) is 6.68. The molecule has 0 aliphatic rings. The third-order valence-corrected chi connectivity index (χ3v) is 3.83. The normalized spacial score (nSPS) is 13.9. The summed E-state index contributed by atoms with van der Waals surface area (Å²) in [5.41, 5.74) is 7.71. The average Bonchev–Trinajstić information content (AvgIpc) is 2.64. The van der Waals surface area contributed by atoms with E-state index in [1.807, 2.05) is 17.7 Å². The van der Waals surface area contributed by atoms with Crippen LogP contribution in [0.1, 0.15) is 18.3 Å². The van der Waals surface area contributed by atoms with E-state index in [0.29, 0.717) is 12.2 Å². The third kappa shape index (κ3) is 2.68. The minimum absolute atomic E-state index is 0.0651. The van der Waals surface area contributed by atoms with Gasteiger partial charge in [-0.05, 0) is 12.5 Å². The quantitative estimate of drug-likeness (QED) is 0.867. The van der Waals surface area contributed by atoms with Crippen LogP contribution in [-0.2, 0) is 16.9 Å². The van der Waals surface area contributed by atoms with Crippen molar-refractivity contribution < 1.29 is 8.42 Å². The maximum absolute atomic E-state index is 11.1. The maximum Gasteiger partial charge on any atom is 0.147 e. The van der Waals surface area contributed by atoms with Crippen LogP contribution in [0.25, 0.3) is 11.0 Å². The van der Waals surface area contributed by atoms with Gasteiger partial charge in [-0.1, -0.05) is 0 Å². The SMILES string of the molecule is Cn1c(C(N)CCS(C)(=O)=O)nc2ccncc21. The first kappa shape index (κ1) is 13.0. The van der Waals surface area contributed by atoms with Crippen LogP contribution in [-0.4, -0.2) is 35.0 Å². The van der Waals surface area contributed by atoms with E-state index < -0.39 is 15.9 Å². The first-order valence-corrected chi connectivity index (χ1v) is 7.64. The minimum Gasteiger partial charge on any atom is -0.329 e. The lowest BCUT2D eigenvalue weighted by Gasteiger charge is -2.10. The predicted molar refractivity (Wildman–Crippen MR) is 69.8 cm³/mol. The van der Waals surface area contributed by atoms with Gasteiger partial charge in [0.15, 0.2) is 0 Å². The van der Waals surface area contributed by atoms with E-state index in [1.54, 1.807) is 12.4 Å². The number of hydrogen-bond donors (Lipinski definition) is 1. The molecule has 98 valence electrons. The highest BCUT2D eigenvalue weighted by Gasteiger charge is 2.16. The van der Waals surface area contributed by atoms with Crippen LogP contribution in [0.2, 0.25) is 0 Å². The second kappa shape index (κ2) is 4.66. The molecule has 18 heavy (non-hydrogen) atoms. The van der Waals surface area contributed by atoms with Crippen LogP contribution in [0.5, 0.6) is 0 Å². The molecule has 0 aliphatic carbocycles. The fraction of sp³-hybridized carbons (Fsp3) is 0.455. The molecule has 0 spiro atoms. The molecule has 1 atom stereocenters. The Labute approximate surface area is 106 Å². The molecule has 0 radical (unpaired) electrons. The first-order valence-electron chi connectivity index (χ1n) is 5.58. The smallest absolute Gasteiger partial charge is 0.147 e. The van der Waals surface area contributed by atoms with Crippen molar-refractivity contribution >= 4 is 20.9 Å². The monoisotopic (exact) mass is 268 g/mol. The highest BCUT2D eigenvalue weighted by molar-refractivity contribution is 7.90. The number of imidazole rings is 1. The molecule has 2 aromatic rings. The summed E-state index contributed by atoms with van der Waals surface area (Å²) in [4.78, 5) is 8.45. The summed E-state index contributed by atoms with van der Waals surface area (Å²) in [6, 6.07) is 1.42. The van der Waals surface area contributed by atoms with Gasteiger partial charge < -0.3 is 10.3 Å². The topological polar surface area (TPSA) is 90.9 Å². The first-order chi connectivity index (χ1) is 8.38. The Morgan fingerprint density at radius 2 is 2.22 bits per heavy atom. The molecule has 0 saturated heterocycles. The molecule has 0 amide bonds. The van der Waals surface area contributed by atoms with E-state index in [-0.39, 0.29) is 5.75 Å². The highest BCUT2D eigenvalue weighted by Crippen LogP contribution is 2.19. The largest absolute Gasteiger partial charge is 0.329 e. The minimum atomic E-state index is -3.00. The van der Waals surface area contributed by atoms with Gasteiger partial charge >= 0.3 is 0 Å². The van der Waals surface area contributed by atoms with Crippen LogP contribution >= 0.6 is 0 Å². The third-order valence-electron chi connectivity index (χ3n) is 2.85. The molecule has 0 saturated carbocycles. The summed E-state index contributed by atoms with van der Waals surface area (Å²) in [6.07, 6.45) is 4.96. The number of aryl methyl sites for hydroxylation is 1. The Morgan fingerprint density at radius 1 is 1.50 bits per heavy atom. The zero-order chi connectivity index (χ0) is 13.3. The zero-order valence-corrected chi connectivity index (χ0v) is 11.2. The molecule has 2 aromatic heterocycles. The number of hydrogen-bond acceptors (Lipinski definition) is 5. The fourth-order valence-corrected chi connectivity index (χ4v) is 2.54. The average molecular weight is 268 g/mol. The molecular weight excluding hydrogens is 252 g/mol. The van der Waals surface area contributed by atoms with Gasteiger partial charge in [-0.15, -0.1) is 0 Å². The molecule has 2 rings (SSSR count). The molecule has 6 nitrogen and oxygen atoms in total. The zero-order valence-electron chi connectivity index (χ0n) is 10.4. The molecule has 0 aliphatic heterocycles. The molecule has 0 fully saturated rings. The second-order valence-electron chi connectivity index (χ2n) is 4.42. The number of nitrogens with two attached hydrogens (primary N) is 1. The van der Waals surface area contributed by atoms with Crippen LogP contribution in [0.15, 0.2) is 18.5 Å². The summed E-state index contributed by atoms with van der Waals surface area (Å²) in [7, 11) is -1.15. The van der Waals surface area contributed by atoms with Gasteiger partial charge in [-0.25, -0.2) is 13.4 Å². The van der Waals surface area contributed by atoms with E-state index in [4.69, 9.17) is 5.73 Å². The fourth-order valence-electron chi connectivity index (χ4n) is 1.86. The van der Waals surface area contributed by atoms with E-state index in [9.17, 15) is 8.42 Å². The summed E-state index contributed by atoms with van der Waals surface area (Å²) in [5, 5.41) is 0. The van der Waals surface area contributed by atoms with Crippen molar-refractivity contribution in [1.29, 1.82) is 0 Å². The van der Waals surface area contributed by atoms with Gasteiger partial charge in [-0.3, -0.25) is 4.98 Å². The van der Waals surface area contributed by atoms with E-state index in [1.165, 1.54) is 6.26 Å². The standard InChI is InChI=1S/C11H16N4O2S/c1-15-10-7-13-5-3-9(10)14-11(15)8(12)4-6-18(2,16)17/h3,5,7-8H,4,6,12H2,1-2H3. The summed E-state index contributed by atoms with van der Waals surface area (Å²) >= 11 is 0. The molecule has 0 bridgehead atoms. The summed E-state index contributed by atoms with van der Waals surface area (Å²) < 4.78 is 24.1. The number of aromatic nitrogens is 3. The summed E-state index contributed by atoms with van der Waals surface area (Å²) in [6.45, 7) is 0. The van der Waals surface area contributed by atoms with E-state index >= 15 is 0 Å². The number of rotatable bonds is 4. The van der Waals surface area contributed by atoms with Crippen molar-refractivity contribution in [3.8, 4) is 0 Å². The van der Waals surface area contributed by atoms with Crippen LogP contribution < -0.4 is 5.73 Å². The predicted octanol–water partition coefficient (Wildman–Crippen LogP) is 0.403. The van der Waals surface area contributed by atoms with E-state index in [2.05, 4.69) is 9.97 Å². The van der Waals surface area contributed by atoms with Crippen LogP contribution in [0.3, 0.4) is 0 Å². The lowest BCUT2D eigenvalue weighted by atomic mass is 10.2. The molecule has 0 aromatic carbocycles.